The molecule has 5 nitrogen and oxygen atoms in total. The summed E-state index contributed by atoms with van der Waals surface area (Å²) >= 11 is 2.79. The molecule has 2 rings (SSSR count). The minimum atomic E-state index is -0.686. The number of carbonyl (C=O) groups is 1. The first-order valence-corrected chi connectivity index (χ1v) is 8.73. The van der Waals surface area contributed by atoms with Crippen molar-refractivity contribution >= 4 is 34.1 Å². The molecule has 1 aromatic carbocycles. The van der Waals surface area contributed by atoms with E-state index in [0.29, 0.717) is 17.3 Å². The van der Waals surface area contributed by atoms with Crippen LogP contribution in [0.3, 0.4) is 0 Å². The van der Waals surface area contributed by atoms with Gasteiger partial charge in [-0.25, -0.2) is 4.39 Å². The summed E-state index contributed by atoms with van der Waals surface area (Å²) in [6, 6.07) is 5.54. The van der Waals surface area contributed by atoms with Gasteiger partial charge in [0.25, 0.3) is 5.91 Å². The number of rotatable bonds is 8. The van der Waals surface area contributed by atoms with E-state index in [1.807, 2.05) is 6.92 Å². The molecule has 0 aliphatic heterocycles. The number of hydrogen-bond acceptors (Lipinski definition) is 6. The van der Waals surface area contributed by atoms with Crippen molar-refractivity contribution in [3.05, 3.63) is 42.7 Å². The van der Waals surface area contributed by atoms with E-state index in [-0.39, 0.29) is 11.7 Å². The SMILES string of the molecule is C=CCSc1nnc(NC(=O)[C@@H](CC)Oc2ccc(F)cc2)s1. The van der Waals surface area contributed by atoms with Gasteiger partial charge in [-0.05, 0) is 30.7 Å². The highest BCUT2D eigenvalue weighted by molar-refractivity contribution is 8.01. The Labute approximate surface area is 142 Å². The van der Waals surface area contributed by atoms with Crippen molar-refractivity contribution in [2.45, 2.75) is 23.8 Å². The average molecular weight is 353 g/mol. The van der Waals surface area contributed by atoms with E-state index in [2.05, 4.69) is 22.1 Å². The number of carbonyl (C=O) groups excluding carboxylic acids is 1. The Hall–Kier alpha value is -1.93. The molecule has 0 aliphatic rings. The van der Waals surface area contributed by atoms with Gasteiger partial charge in [-0.1, -0.05) is 36.1 Å². The topological polar surface area (TPSA) is 64.1 Å². The number of aromatic nitrogens is 2. The molecule has 0 saturated heterocycles. The zero-order valence-electron chi connectivity index (χ0n) is 12.5. The molecule has 0 fully saturated rings. The van der Waals surface area contributed by atoms with Gasteiger partial charge in [0.05, 0.1) is 0 Å². The van der Waals surface area contributed by atoms with Gasteiger partial charge in [0.2, 0.25) is 5.13 Å². The predicted molar refractivity (Wildman–Crippen MR) is 90.6 cm³/mol. The number of thioether (sulfide) groups is 1. The van der Waals surface area contributed by atoms with Gasteiger partial charge < -0.3 is 4.74 Å². The lowest BCUT2D eigenvalue weighted by molar-refractivity contribution is -0.122. The summed E-state index contributed by atoms with van der Waals surface area (Å²) in [5.41, 5.74) is 0. The first kappa shape index (κ1) is 17.4. The van der Waals surface area contributed by atoms with Crippen molar-refractivity contribution in [1.29, 1.82) is 0 Å². The maximum Gasteiger partial charge on any atom is 0.267 e. The molecule has 1 heterocycles. The highest BCUT2D eigenvalue weighted by Crippen LogP contribution is 2.25. The quantitative estimate of drug-likeness (QED) is 0.445. The van der Waals surface area contributed by atoms with Gasteiger partial charge in [-0.15, -0.1) is 16.8 Å². The number of nitrogens with zero attached hydrogens (tertiary/aromatic N) is 2. The highest BCUT2D eigenvalue weighted by atomic mass is 32.2. The number of anilines is 1. The zero-order valence-corrected chi connectivity index (χ0v) is 14.1. The second-order valence-corrected chi connectivity index (χ2v) is 6.68. The Morgan fingerprint density at radius 2 is 2.22 bits per heavy atom. The number of nitrogens with one attached hydrogen (secondary N) is 1. The van der Waals surface area contributed by atoms with E-state index in [4.69, 9.17) is 4.74 Å². The van der Waals surface area contributed by atoms with Crippen LogP contribution in [0.4, 0.5) is 9.52 Å². The largest absolute Gasteiger partial charge is 0.481 e. The first-order chi connectivity index (χ1) is 11.1. The Morgan fingerprint density at radius 3 is 2.87 bits per heavy atom. The Morgan fingerprint density at radius 1 is 1.48 bits per heavy atom. The maximum absolute atomic E-state index is 12.9. The van der Waals surface area contributed by atoms with Crippen molar-refractivity contribution in [2.24, 2.45) is 0 Å². The van der Waals surface area contributed by atoms with E-state index in [1.165, 1.54) is 47.4 Å². The van der Waals surface area contributed by atoms with Gasteiger partial charge in [0.1, 0.15) is 11.6 Å². The summed E-state index contributed by atoms with van der Waals surface area (Å²) in [5, 5.41) is 11.0. The van der Waals surface area contributed by atoms with Crippen LogP contribution in [0.5, 0.6) is 5.75 Å². The zero-order chi connectivity index (χ0) is 16.7. The summed E-state index contributed by atoms with van der Waals surface area (Å²) in [6.07, 6.45) is 1.56. The molecule has 0 bridgehead atoms. The van der Waals surface area contributed by atoms with Gasteiger partial charge >= 0.3 is 0 Å². The second-order valence-electron chi connectivity index (χ2n) is 4.43. The fourth-order valence-corrected chi connectivity index (χ4v) is 3.15. The van der Waals surface area contributed by atoms with Crippen LogP contribution in [0.15, 0.2) is 41.3 Å². The number of hydrogen-bond donors (Lipinski definition) is 1. The lowest BCUT2D eigenvalue weighted by atomic mass is 10.2. The molecule has 1 aromatic heterocycles. The summed E-state index contributed by atoms with van der Waals surface area (Å²) in [6.45, 7) is 5.47. The van der Waals surface area contributed by atoms with E-state index in [0.717, 1.165) is 10.1 Å². The van der Waals surface area contributed by atoms with Crippen LogP contribution in [0.1, 0.15) is 13.3 Å². The van der Waals surface area contributed by atoms with Crippen molar-refractivity contribution in [3.8, 4) is 5.75 Å². The van der Waals surface area contributed by atoms with Crippen LogP contribution in [-0.2, 0) is 4.79 Å². The summed E-state index contributed by atoms with van der Waals surface area (Å²) < 4.78 is 19.2. The molecule has 0 radical (unpaired) electrons. The van der Waals surface area contributed by atoms with Gasteiger partial charge in [-0.2, -0.15) is 0 Å². The number of amides is 1. The van der Waals surface area contributed by atoms with Crippen LogP contribution in [0.2, 0.25) is 0 Å². The Kier molecular flexibility index (Phi) is 6.54. The van der Waals surface area contributed by atoms with Crippen molar-refractivity contribution < 1.29 is 13.9 Å². The minimum absolute atomic E-state index is 0.312. The fourth-order valence-electron chi connectivity index (χ4n) is 1.63. The van der Waals surface area contributed by atoms with E-state index < -0.39 is 6.10 Å². The number of benzene rings is 1. The molecule has 0 aliphatic carbocycles. The van der Waals surface area contributed by atoms with Crippen molar-refractivity contribution in [1.82, 2.24) is 10.2 Å². The van der Waals surface area contributed by atoms with Crippen molar-refractivity contribution in [3.63, 3.8) is 0 Å². The molecule has 8 heteroatoms. The minimum Gasteiger partial charge on any atom is -0.481 e. The molecule has 2 aromatic rings. The molecular formula is C15H16FN3O2S2. The molecule has 0 spiro atoms. The molecule has 1 amide bonds. The fraction of sp³-hybridized carbons (Fsp3) is 0.267. The molecular weight excluding hydrogens is 337 g/mol. The molecule has 0 saturated carbocycles. The van der Waals surface area contributed by atoms with E-state index in [9.17, 15) is 9.18 Å². The molecule has 0 unspecified atom stereocenters. The van der Waals surface area contributed by atoms with Gasteiger partial charge in [0, 0.05) is 5.75 Å². The monoisotopic (exact) mass is 353 g/mol. The van der Waals surface area contributed by atoms with Crippen LogP contribution in [-0.4, -0.2) is 28.0 Å². The third-order valence-electron chi connectivity index (χ3n) is 2.72. The normalized spacial score (nSPS) is 11.7. The van der Waals surface area contributed by atoms with E-state index >= 15 is 0 Å². The second kappa shape index (κ2) is 8.64. The van der Waals surface area contributed by atoms with Gasteiger partial charge in [-0.3, -0.25) is 10.1 Å². The van der Waals surface area contributed by atoms with Crippen LogP contribution in [0.25, 0.3) is 0 Å². The lowest BCUT2D eigenvalue weighted by Gasteiger charge is -2.16. The Bertz CT molecular complexity index is 661. The third kappa shape index (κ3) is 5.33. The lowest BCUT2D eigenvalue weighted by Crippen LogP contribution is -2.32. The summed E-state index contributed by atoms with van der Waals surface area (Å²) in [4.78, 5) is 12.2. The highest BCUT2D eigenvalue weighted by Gasteiger charge is 2.20. The maximum atomic E-state index is 12.9. The molecule has 122 valence electrons. The molecule has 23 heavy (non-hydrogen) atoms. The smallest absolute Gasteiger partial charge is 0.267 e. The summed E-state index contributed by atoms with van der Waals surface area (Å²) in [7, 11) is 0. The first-order valence-electron chi connectivity index (χ1n) is 6.92. The Balaban J connectivity index is 1.95. The van der Waals surface area contributed by atoms with Gasteiger partial charge in [0.15, 0.2) is 10.4 Å². The average Bonchev–Trinajstić information content (AvgIpc) is 2.99. The third-order valence-corrected chi connectivity index (χ3v) is 4.68. The number of halogens is 1. The number of ether oxygens (including phenoxy) is 1. The standard InChI is InChI=1S/C15H16FN3O2S2/c1-3-9-22-15-19-18-14(23-15)17-13(20)12(4-2)21-11-7-5-10(16)6-8-11/h3,5-8,12H,1,4,9H2,2H3,(H,17,18,20)/t12-/m1/s1. The summed E-state index contributed by atoms with van der Waals surface area (Å²) in [5.74, 6) is 0.503. The van der Waals surface area contributed by atoms with Crippen molar-refractivity contribution in [2.75, 3.05) is 11.1 Å². The van der Waals surface area contributed by atoms with Crippen LogP contribution < -0.4 is 10.1 Å². The molecule has 1 atom stereocenters. The molecule has 1 N–H and O–H groups in total. The predicted octanol–water partition coefficient (Wildman–Crippen LogP) is 3.75. The van der Waals surface area contributed by atoms with Crippen LogP contribution in [0, 0.1) is 5.82 Å². The van der Waals surface area contributed by atoms with Crippen LogP contribution >= 0.6 is 23.1 Å². The van der Waals surface area contributed by atoms with E-state index in [1.54, 1.807) is 6.08 Å².